The molecule has 1 saturated carbocycles. The second-order valence-electron chi connectivity index (χ2n) is 6.78. The van der Waals surface area contributed by atoms with Crippen molar-refractivity contribution in [2.75, 3.05) is 10.6 Å². The first-order chi connectivity index (χ1) is 14.0. The van der Waals surface area contributed by atoms with Crippen molar-refractivity contribution in [3.63, 3.8) is 0 Å². The number of nitrogens with one attached hydrogen (secondary N) is 2. The number of aromatic nitrogens is 6. The Labute approximate surface area is 168 Å². The fraction of sp³-hybridized carbons (Fsp3) is 0.222. The molecule has 2 amide bonds. The summed E-state index contributed by atoms with van der Waals surface area (Å²) in [5.74, 6) is 0.461. The van der Waals surface area contributed by atoms with E-state index in [0.717, 1.165) is 12.8 Å². The van der Waals surface area contributed by atoms with Gasteiger partial charge in [-0.1, -0.05) is 0 Å². The first-order valence-corrected chi connectivity index (χ1v) is 9.84. The van der Waals surface area contributed by atoms with Gasteiger partial charge in [-0.15, -0.1) is 10.2 Å². The third kappa shape index (κ3) is 3.63. The van der Waals surface area contributed by atoms with E-state index in [0.29, 0.717) is 33.0 Å². The van der Waals surface area contributed by atoms with E-state index < -0.39 is 0 Å². The highest BCUT2D eigenvalue weighted by Crippen LogP contribution is 2.30. The smallest absolute Gasteiger partial charge is 0.228 e. The molecule has 1 aliphatic rings. The van der Waals surface area contributed by atoms with Gasteiger partial charge < -0.3 is 10.6 Å². The average molecular weight is 408 g/mol. The van der Waals surface area contributed by atoms with E-state index in [9.17, 15) is 9.59 Å². The zero-order valence-corrected chi connectivity index (χ0v) is 16.2. The zero-order chi connectivity index (χ0) is 20.0. The van der Waals surface area contributed by atoms with Gasteiger partial charge in [-0.3, -0.25) is 14.0 Å². The van der Waals surface area contributed by atoms with Gasteiger partial charge >= 0.3 is 0 Å². The molecule has 4 heterocycles. The maximum Gasteiger partial charge on any atom is 0.228 e. The minimum Gasteiger partial charge on any atom is -0.325 e. The number of pyridine rings is 1. The van der Waals surface area contributed by atoms with Gasteiger partial charge in [-0.2, -0.15) is 5.10 Å². The highest BCUT2D eigenvalue weighted by atomic mass is 32.2. The van der Waals surface area contributed by atoms with Gasteiger partial charge in [0.1, 0.15) is 5.03 Å². The van der Waals surface area contributed by atoms with Crippen LogP contribution in [0.4, 0.5) is 11.5 Å². The molecule has 0 atom stereocenters. The molecule has 0 aliphatic heterocycles. The van der Waals surface area contributed by atoms with Gasteiger partial charge in [-0.25, -0.2) is 9.50 Å². The maximum atomic E-state index is 11.9. The van der Waals surface area contributed by atoms with Gasteiger partial charge in [0, 0.05) is 19.0 Å². The molecule has 29 heavy (non-hydrogen) atoms. The summed E-state index contributed by atoms with van der Waals surface area (Å²) >= 11 is 1.33. The van der Waals surface area contributed by atoms with E-state index in [1.165, 1.54) is 18.7 Å². The second kappa shape index (κ2) is 6.85. The normalized spacial score (nSPS) is 13.7. The number of nitrogens with zero attached hydrogens (tertiary/aromatic N) is 6. The third-order valence-electron chi connectivity index (χ3n) is 4.38. The molecule has 0 bridgehead atoms. The van der Waals surface area contributed by atoms with Crippen molar-refractivity contribution in [1.29, 1.82) is 0 Å². The minimum atomic E-state index is -0.150. The summed E-state index contributed by atoms with van der Waals surface area (Å²) in [6, 6.07) is 7.21. The van der Waals surface area contributed by atoms with Crippen LogP contribution in [-0.4, -0.2) is 41.0 Å². The number of fused-ring (bicyclic) bond motifs is 2. The molecule has 4 aromatic heterocycles. The number of hydrogen-bond donors (Lipinski definition) is 2. The first-order valence-electron chi connectivity index (χ1n) is 9.03. The van der Waals surface area contributed by atoms with Crippen molar-refractivity contribution in [2.24, 2.45) is 5.92 Å². The lowest BCUT2D eigenvalue weighted by Gasteiger charge is -2.04. The molecule has 146 valence electrons. The molecular formula is C18H16N8O2S. The predicted octanol–water partition coefficient (Wildman–Crippen LogP) is 2.23. The van der Waals surface area contributed by atoms with Crippen LogP contribution in [0.25, 0.3) is 11.3 Å². The number of hydrogen-bond acceptors (Lipinski definition) is 7. The number of imidazole rings is 1. The molecule has 1 aliphatic carbocycles. The van der Waals surface area contributed by atoms with E-state index in [1.807, 2.05) is 12.1 Å². The number of amides is 2. The predicted molar refractivity (Wildman–Crippen MR) is 106 cm³/mol. The average Bonchev–Trinajstić information content (AvgIpc) is 3.36. The number of carbonyl (C=O) groups is 2. The standard InChI is InChI=1S/C18H16N8O2S/c1-10(27)19-12-4-5-15-22-23-18(25(15)8-12)29-16-7-6-14-20-13(9-26(14)24-16)21-17(28)11-2-3-11/h4-9,11H,2-3H2,1H3,(H,19,27)(H,21,28). The molecule has 0 spiro atoms. The maximum absolute atomic E-state index is 11.9. The molecule has 0 aromatic carbocycles. The van der Waals surface area contributed by atoms with E-state index in [2.05, 4.69) is 30.9 Å². The van der Waals surface area contributed by atoms with Crippen LogP contribution < -0.4 is 10.6 Å². The van der Waals surface area contributed by atoms with E-state index in [1.54, 1.807) is 33.4 Å². The molecule has 0 radical (unpaired) electrons. The fourth-order valence-corrected chi connectivity index (χ4v) is 3.64. The van der Waals surface area contributed by atoms with Crippen LogP contribution in [-0.2, 0) is 9.59 Å². The van der Waals surface area contributed by atoms with Gasteiger partial charge in [0.15, 0.2) is 17.1 Å². The minimum absolute atomic E-state index is 0.00732. The van der Waals surface area contributed by atoms with E-state index in [-0.39, 0.29) is 17.7 Å². The van der Waals surface area contributed by atoms with E-state index in [4.69, 9.17) is 0 Å². The Morgan fingerprint density at radius 1 is 1.07 bits per heavy atom. The van der Waals surface area contributed by atoms with Gasteiger partial charge in [0.25, 0.3) is 0 Å². The lowest BCUT2D eigenvalue weighted by atomic mass is 10.4. The van der Waals surface area contributed by atoms with Crippen molar-refractivity contribution in [3.8, 4) is 0 Å². The van der Waals surface area contributed by atoms with Gasteiger partial charge in [0.2, 0.25) is 17.0 Å². The van der Waals surface area contributed by atoms with Gasteiger partial charge in [-0.05, 0) is 48.9 Å². The van der Waals surface area contributed by atoms with Gasteiger partial charge in [0.05, 0.1) is 11.9 Å². The molecule has 5 rings (SSSR count). The second-order valence-corrected chi connectivity index (χ2v) is 7.76. The van der Waals surface area contributed by atoms with Crippen molar-refractivity contribution in [2.45, 2.75) is 29.9 Å². The number of anilines is 2. The molecular weight excluding hydrogens is 392 g/mol. The summed E-state index contributed by atoms with van der Waals surface area (Å²) in [6.45, 7) is 1.46. The Hall–Kier alpha value is -3.47. The Bertz CT molecular complexity index is 1260. The molecule has 10 nitrogen and oxygen atoms in total. The highest BCUT2D eigenvalue weighted by Gasteiger charge is 2.30. The van der Waals surface area contributed by atoms with E-state index >= 15 is 0 Å². The lowest BCUT2D eigenvalue weighted by molar-refractivity contribution is -0.117. The number of carbonyl (C=O) groups excluding carboxylic acids is 2. The number of rotatable bonds is 5. The summed E-state index contributed by atoms with van der Waals surface area (Å²) in [7, 11) is 0. The van der Waals surface area contributed by atoms with Crippen molar-refractivity contribution >= 4 is 46.4 Å². The molecule has 2 N–H and O–H groups in total. The van der Waals surface area contributed by atoms with Crippen LogP contribution >= 0.6 is 11.8 Å². The first kappa shape index (κ1) is 17.6. The van der Waals surface area contributed by atoms with Crippen LogP contribution in [0.3, 0.4) is 0 Å². The lowest BCUT2D eigenvalue weighted by Crippen LogP contribution is -2.13. The molecule has 11 heteroatoms. The largest absolute Gasteiger partial charge is 0.325 e. The Balaban J connectivity index is 1.40. The fourth-order valence-electron chi connectivity index (χ4n) is 2.86. The Kier molecular flexibility index (Phi) is 4.16. The summed E-state index contributed by atoms with van der Waals surface area (Å²) in [5, 5.41) is 19.7. The molecule has 0 unspecified atom stereocenters. The monoisotopic (exact) mass is 408 g/mol. The van der Waals surface area contributed by atoms with Crippen LogP contribution in [0.2, 0.25) is 0 Å². The Morgan fingerprint density at radius 3 is 2.69 bits per heavy atom. The summed E-state index contributed by atoms with van der Waals surface area (Å²) in [4.78, 5) is 27.6. The van der Waals surface area contributed by atoms with Crippen molar-refractivity contribution in [3.05, 3.63) is 36.7 Å². The topological polar surface area (TPSA) is 119 Å². The Morgan fingerprint density at radius 2 is 1.90 bits per heavy atom. The summed E-state index contributed by atoms with van der Waals surface area (Å²) < 4.78 is 3.41. The SMILES string of the molecule is CC(=O)Nc1ccc2nnc(Sc3ccc4nc(NC(=O)C5CC5)cn4n3)n2c1. The van der Waals surface area contributed by atoms with Crippen molar-refractivity contribution in [1.82, 2.24) is 29.2 Å². The molecule has 0 saturated heterocycles. The van der Waals surface area contributed by atoms with Crippen molar-refractivity contribution < 1.29 is 9.59 Å². The summed E-state index contributed by atoms with van der Waals surface area (Å²) in [6.07, 6.45) is 5.33. The van der Waals surface area contributed by atoms with Crippen LogP contribution in [0.1, 0.15) is 19.8 Å². The summed E-state index contributed by atoms with van der Waals surface area (Å²) in [5.41, 5.74) is 1.95. The highest BCUT2D eigenvalue weighted by molar-refractivity contribution is 7.99. The van der Waals surface area contributed by atoms with Crippen LogP contribution in [0, 0.1) is 5.92 Å². The molecule has 1 fully saturated rings. The van der Waals surface area contributed by atoms with Crippen LogP contribution in [0.15, 0.2) is 46.8 Å². The molecule has 4 aromatic rings. The van der Waals surface area contributed by atoms with Crippen LogP contribution in [0.5, 0.6) is 0 Å². The third-order valence-corrected chi connectivity index (χ3v) is 5.27. The quantitative estimate of drug-likeness (QED) is 0.520. The zero-order valence-electron chi connectivity index (χ0n) is 15.4.